The molecule has 3 aromatic carbocycles. The SMILES string of the molecule is CCOc1ccc(Cl)cc1C=Nc1ccc(-c2ccccc2)cc1. The van der Waals surface area contributed by atoms with E-state index in [2.05, 4.69) is 29.3 Å². The van der Waals surface area contributed by atoms with Crippen molar-refractivity contribution in [1.82, 2.24) is 0 Å². The van der Waals surface area contributed by atoms with Crippen molar-refractivity contribution >= 4 is 23.5 Å². The highest BCUT2D eigenvalue weighted by molar-refractivity contribution is 6.30. The van der Waals surface area contributed by atoms with Crippen molar-refractivity contribution < 1.29 is 4.74 Å². The average molecular weight is 336 g/mol. The van der Waals surface area contributed by atoms with E-state index in [1.165, 1.54) is 11.1 Å². The third-order valence-electron chi connectivity index (χ3n) is 3.60. The molecule has 3 rings (SSSR count). The van der Waals surface area contributed by atoms with E-state index in [-0.39, 0.29) is 0 Å². The summed E-state index contributed by atoms with van der Waals surface area (Å²) in [5.41, 5.74) is 4.13. The van der Waals surface area contributed by atoms with E-state index in [9.17, 15) is 0 Å². The molecular weight excluding hydrogens is 318 g/mol. The first kappa shape index (κ1) is 16.3. The molecule has 0 spiro atoms. The Morgan fingerprint density at radius 1 is 0.917 bits per heavy atom. The van der Waals surface area contributed by atoms with Gasteiger partial charge >= 0.3 is 0 Å². The lowest BCUT2D eigenvalue weighted by atomic mass is 10.1. The molecule has 120 valence electrons. The molecule has 3 heteroatoms. The van der Waals surface area contributed by atoms with Gasteiger partial charge in [-0.05, 0) is 48.4 Å². The summed E-state index contributed by atoms with van der Waals surface area (Å²) in [7, 11) is 0. The van der Waals surface area contributed by atoms with E-state index < -0.39 is 0 Å². The van der Waals surface area contributed by atoms with Crippen LogP contribution in [0.5, 0.6) is 5.75 Å². The lowest BCUT2D eigenvalue weighted by Crippen LogP contribution is -1.95. The van der Waals surface area contributed by atoms with E-state index in [1.807, 2.05) is 55.5 Å². The molecule has 0 aliphatic heterocycles. The van der Waals surface area contributed by atoms with E-state index in [4.69, 9.17) is 16.3 Å². The highest BCUT2D eigenvalue weighted by Gasteiger charge is 2.02. The number of halogens is 1. The number of nitrogens with zero attached hydrogens (tertiary/aromatic N) is 1. The lowest BCUT2D eigenvalue weighted by molar-refractivity contribution is 0.340. The molecule has 0 saturated heterocycles. The molecule has 24 heavy (non-hydrogen) atoms. The van der Waals surface area contributed by atoms with Crippen LogP contribution in [-0.4, -0.2) is 12.8 Å². The second-order valence-corrected chi connectivity index (χ2v) is 5.72. The fourth-order valence-electron chi connectivity index (χ4n) is 2.42. The second kappa shape index (κ2) is 7.80. The number of hydrogen-bond donors (Lipinski definition) is 0. The standard InChI is InChI=1S/C21H18ClNO/c1-2-24-21-13-10-19(22)14-18(21)15-23-20-11-8-17(9-12-20)16-6-4-3-5-7-16/h3-15H,2H2,1H3. The Morgan fingerprint density at radius 2 is 1.62 bits per heavy atom. The van der Waals surface area contributed by atoms with E-state index >= 15 is 0 Å². The fraction of sp³-hybridized carbons (Fsp3) is 0.0952. The molecule has 0 radical (unpaired) electrons. The quantitative estimate of drug-likeness (QED) is 0.512. The van der Waals surface area contributed by atoms with Gasteiger partial charge in [0, 0.05) is 16.8 Å². The predicted molar refractivity (Wildman–Crippen MR) is 102 cm³/mol. The zero-order valence-corrected chi connectivity index (χ0v) is 14.2. The molecule has 3 aromatic rings. The maximum Gasteiger partial charge on any atom is 0.128 e. The van der Waals surface area contributed by atoms with Crippen LogP contribution in [0, 0.1) is 0 Å². The molecule has 0 amide bonds. The van der Waals surface area contributed by atoms with Crippen LogP contribution in [0.15, 0.2) is 77.8 Å². The highest BCUT2D eigenvalue weighted by atomic mass is 35.5. The molecule has 0 atom stereocenters. The number of ether oxygens (including phenoxy) is 1. The Morgan fingerprint density at radius 3 is 2.33 bits per heavy atom. The van der Waals surface area contributed by atoms with Gasteiger partial charge in [-0.2, -0.15) is 0 Å². The molecule has 2 nitrogen and oxygen atoms in total. The lowest BCUT2D eigenvalue weighted by Gasteiger charge is -2.07. The van der Waals surface area contributed by atoms with Gasteiger partial charge in [-0.15, -0.1) is 0 Å². The van der Waals surface area contributed by atoms with Gasteiger partial charge in [0.1, 0.15) is 5.75 Å². The molecule has 0 fully saturated rings. The first-order valence-electron chi connectivity index (χ1n) is 7.88. The van der Waals surface area contributed by atoms with Gasteiger partial charge < -0.3 is 4.74 Å². The normalized spacial score (nSPS) is 10.9. The zero-order chi connectivity index (χ0) is 16.8. The summed E-state index contributed by atoms with van der Waals surface area (Å²) in [4.78, 5) is 4.53. The van der Waals surface area contributed by atoms with Crippen LogP contribution in [0.25, 0.3) is 11.1 Å². The summed E-state index contributed by atoms with van der Waals surface area (Å²) in [6.07, 6.45) is 1.79. The zero-order valence-electron chi connectivity index (χ0n) is 13.4. The molecular formula is C21H18ClNO. The molecule has 0 unspecified atom stereocenters. The highest BCUT2D eigenvalue weighted by Crippen LogP contribution is 2.24. The first-order chi connectivity index (χ1) is 11.8. The van der Waals surface area contributed by atoms with Gasteiger partial charge in [-0.3, -0.25) is 4.99 Å². The van der Waals surface area contributed by atoms with Crippen LogP contribution in [-0.2, 0) is 0 Å². The third kappa shape index (κ3) is 4.03. The van der Waals surface area contributed by atoms with Crippen LogP contribution < -0.4 is 4.74 Å². The van der Waals surface area contributed by atoms with Gasteiger partial charge in [0.2, 0.25) is 0 Å². The maximum absolute atomic E-state index is 6.07. The fourth-order valence-corrected chi connectivity index (χ4v) is 2.60. The predicted octanol–water partition coefficient (Wildman–Crippen LogP) is 6.16. The minimum Gasteiger partial charge on any atom is -0.493 e. The number of aliphatic imine (C=N–C) groups is 1. The van der Waals surface area contributed by atoms with Gasteiger partial charge in [0.05, 0.1) is 12.3 Å². The van der Waals surface area contributed by atoms with Crippen molar-refractivity contribution in [3.63, 3.8) is 0 Å². The molecule has 0 heterocycles. The number of hydrogen-bond acceptors (Lipinski definition) is 2. The van der Waals surface area contributed by atoms with Gasteiger partial charge in [0.25, 0.3) is 0 Å². The van der Waals surface area contributed by atoms with Gasteiger partial charge in [-0.25, -0.2) is 0 Å². The average Bonchev–Trinajstić information content (AvgIpc) is 2.63. The Labute approximate surface area is 147 Å². The van der Waals surface area contributed by atoms with Crippen molar-refractivity contribution in [1.29, 1.82) is 0 Å². The number of rotatable bonds is 5. The van der Waals surface area contributed by atoms with Gasteiger partial charge in [0.15, 0.2) is 0 Å². The monoisotopic (exact) mass is 335 g/mol. The van der Waals surface area contributed by atoms with Crippen molar-refractivity contribution in [3.05, 3.63) is 83.4 Å². The van der Waals surface area contributed by atoms with Crippen molar-refractivity contribution in [2.24, 2.45) is 4.99 Å². The van der Waals surface area contributed by atoms with Crippen LogP contribution in [0.2, 0.25) is 5.02 Å². The largest absolute Gasteiger partial charge is 0.493 e. The van der Waals surface area contributed by atoms with Crippen LogP contribution in [0.1, 0.15) is 12.5 Å². The first-order valence-corrected chi connectivity index (χ1v) is 8.26. The molecule has 0 saturated carbocycles. The second-order valence-electron chi connectivity index (χ2n) is 5.29. The van der Waals surface area contributed by atoms with Crippen molar-refractivity contribution in [3.8, 4) is 16.9 Å². The maximum atomic E-state index is 6.07. The summed E-state index contributed by atoms with van der Waals surface area (Å²) in [5.74, 6) is 0.784. The molecule has 0 bridgehead atoms. The Bertz CT molecular complexity index is 826. The number of benzene rings is 3. The summed E-state index contributed by atoms with van der Waals surface area (Å²) >= 11 is 6.07. The molecule has 0 N–H and O–H groups in total. The van der Waals surface area contributed by atoms with Crippen molar-refractivity contribution in [2.75, 3.05) is 6.61 Å². The van der Waals surface area contributed by atoms with E-state index in [0.29, 0.717) is 11.6 Å². The van der Waals surface area contributed by atoms with Crippen LogP contribution >= 0.6 is 11.6 Å². The summed E-state index contributed by atoms with van der Waals surface area (Å²) in [6, 6.07) is 24.0. The van der Waals surface area contributed by atoms with Crippen LogP contribution in [0.3, 0.4) is 0 Å². The molecule has 0 aliphatic carbocycles. The Kier molecular flexibility index (Phi) is 5.29. The minimum absolute atomic E-state index is 0.605. The Balaban J connectivity index is 1.81. The molecule has 0 aromatic heterocycles. The van der Waals surface area contributed by atoms with E-state index in [0.717, 1.165) is 17.0 Å². The summed E-state index contributed by atoms with van der Waals surface area (Å²) in [6.45, 7) is 2.56. The third-order valence-corrected chi connectivity index (χ3v) is 3.83. The Hall–Kier alpha value is -2.58. The molecule has 0 aliphatic rings. The topological polar surface area (TPSA) is 21.6 Å². The summed E-state index contributed by atoms with van der Waals surface area (Å²) < 4.78 is 5.61. The summed E-state index contributed by atoms with van der Waals surface area (Å²) in [5, 5.41) is 0.666. The smallest absolute Gasteiger partial charge is 0.128 e. The van der Waals surface area contributed by atoms with Gasteiger partial charge in [-0.1, -0.05) is 54.1 Å². The van der Waals surface area contributed by atoms with Crippen LogP contribution in [0.4, 0.5) is 5.69 Å². The minimum atomic E-state index is 0.605. The van der Waals surface area contributed by atoms with Crippen molar-refractivity contribution in [2.45, 2.75) is 6.92 Å². The van der Waals surface area contributed by atoms with E-state index in [1.54, 1.807) is 6.21 Å².